The first-order valence-electron chi connectivity index (χ1n) is 9.22. The lowest BCUT2D eigenvalue weighted by molar-refractivity contribution is -0.120. The van der Waals surface area contributed by atoms with Gasteiger partial charge in [-0.3, -0.25) is 4.79 Å². The van der Waals surface area contributed by atoms with E-state index < -0.39 is 0 Å². The molecular weight excluding hydrogens is 370 g/mol. The SMILES string of the molecule is Cc1ccc(-c2nnc(SC(C)C(=O)NCC(C)c3ccccc3)n2N)cc1. The van der Waals surface area contributed by atoms with Crippen molar-refractivity contribution in [3.63, 3.8) is 0 Å². The zero-order chi connectivity index (χ0) is 20.1. The summed E-state index contributed by atoms with van der Waals surface area (Å²) in [6.07, 6.45) is 0. The lowest BCUT2D eigenvalue weighted by Gasteiger charge is -2.15. The molecule has 1 amide bonds. The molecule has 3 N–H and O–H groups in total. The Kier molecular flexibility index (Phi) is 6.36. The highest BCUT2D eigenvalue weighted by atomic mass is 32.2. The molecule has 0 aliphatic rings. The maximum absolute atomic E-state index is 12.5. The quantitative estimate of drug-likeness (QED) is 0.473. The fourth-order valence-electron chi connectivity index (χ4n) is 2.77. The van der Waals surface area contributed by atoms with E-state index in [0.29, 0.717) is 17.5 Å². The number of hydrogen-bond acceptors (Lipinski definition) is 5. The Morgan fingerprint density at radius 3 is 2.46 bits per heavy atom. The van der Waals surface area contributed by atoms with Gasteiger partial charge in [-0.2, -0.15) is 0 Å². The van der Waals surface area contributed by atoms with Crippen molar-refractivity contribution in [2.45, 2.75) is 37.1 Å². The highest BCUT2D eigenvalue weighted by Crippen LogP contribution is 2.25. The minimum atomic E-state index is -0.333. The van der Waals surface area contributed by atoms with Gasteiger partial charge in [-0.1, -0.05) is 78.8 Å². The number of hydrogen-bond donors (Lipinski definition) is 2. The van der Waals surface area contributed by atoms with Crippen LogP contribution in [0, 0.1) is 6.92 Å². The van der Waals surface area contributed by atoms with Crippen LogP contribution in [0.25, 0.3) is 11.4 Å². The number of nitrogens with two attached hydrogens (primary N) is 1. The minimum absolute atomic E-state index is 0.0485. The molecule has 1 heterocycles. The van der Waals surface area contributed by atoms with E-state index in [1.165, 1.54) is 22.0 Å². The second-order valence-corrected chi connectivity index (χ2v) is 8.17. The molecule has 2 atom stereocenters. The summed E-state index contributed by atoms with van der Waals surface area (Å²) < 4.78 is 1.44. The fraction of sp³-hybridized carbons (Fsp3) is 0.286. The second-order valence-electron chi connectivity index (χ2n) is 6.86. The normalized spacial score (nSPS) is 13.1. The number of aryl methyl sites for hydroxylation is 1. The molecule has 6 nitrogen and oxygen atoms in total. The predicted octanol–water partition coefficient (Wildman–Crippen LogP) is 3.37. The fourth-order valence-corrected chi connectivity index (χ4v) is 3.56. The Morgan fingerprint density at radius 1 is 1.11 bits per heavy atom. The number of carbonyl (C=O) groups is 1. The molecule has 1 aromatic heterocycles. The molecule has 3 aromatic rings. The maximum Gasteiger partial charge on any atom is 0.233 e. The summed E-state index contributed by atoms with van der Waals surface area (Å²) in [6, 6.07) is 18.0. The number of carbonyl (C=O) groups excluding carboxylic acids is 1. The van der Waals surface area contributed by atoms with Crippen molar-refractivity contribution in [1.82, 2.24) is 20.2 Å². The summed E-state index contributed by atoms with van der Waals surface area (Å²) in [5.74, 6) is 6.93. The van der Waals surface area contributed by atoms with E-state index >= 15 is 0 Å². The number of nitrogens with one attached hydrogen (secondary N) is 1. The summed E-state index contributed by atoms with van der Waals surface area (Å²) in [5, 5.41) is 11.5. The molecule has 0 spiro atoms. The molecule has 0 saturated carbocycles. The number of benzene rings is 2. The van der Waals surface area contributed by atoms with Crippen molar-refractivity contribution in [3.8, 4) is 11.4 Å². The van der Waals surface area contributed by atoms with Crippen LogP contribution in [0.1, 0.15) is 30.9 Å². The number of nitrogens with zero attached hydrogens (tertiary/aromatic N) is 3. The van der Waals surface area contributed by atoms with Crippen molar-refractivity contribution in [2.24, 2.45) is 0 Å². The van der Waals surface area contributed by atoms with Crippen LogP contribution in [0.3, 0.4) is 0 Å². The van der Waals surface area contributed by atoms with Crippen molar-refractivity contribution < 1.29 is 4.79 Å². The van der Waals surface area contributed by atoms with Gasteiger partial charge in [0.25, 0.3) is 0 Å². The van der Waals surface area contributed by atoms with Crippen molar-refractivity contribution in [2.75, 3.05) is 12.4 Å². The monoisotopic (exact) mass is 395 g/mol. The van der Waals surface area contributed by atoms with E-state index in [1.54, 1.807) is 0 Å². The molecule has 146 valence electrons. The van der Waals surface area contributed by atoms with Gasteiger partial charge in [0.05, 0.1) is 5.25 Å². The van der Waals surface area contributed by atoms with E-state index in [2.05, 4.69) is 34.6 Å². The van der Waals surface area contributed by atoms with Crippen LogP contribution in [0.5, 0.6) is 0 Å². The third-order valence-electron chi connectivity index (χ3n) is 4.58. The first-order chi connectivity index (χ1) is 13.5. The van der Waals surface area contributed by atoms with Gasteiger partial charge in [0.1, 0.15) is 0 Å². The topological polar surface area (TPSA) is 85.8 Å². The summed E-state index contributed by atoms with van der Waals surface area (Å²) in [6.45, 7) is 6.54. The highest BCUT2D eigenvalue weighted by Gasteiger charge is 2.20. The number of amides is 1. The molecule has 0 radical (unpaired) electrons. The molecule has 2 aromatic carbocycles. The minimum Gasteiger partial charge on any atom is -0.355 e. The number of thioether (sulfide) groups is 1. The molecule has 2 unspecified atom stereocenters. The molecule has 0 fully saturated rings. The summed E-state index contributed by atoms with van der Waals surface area (Å²) in [5.41, 5.74) is 3.25. The van der Waals surface area contributed by atoms with Crippen LogP contribution in [0.15, 0.2) is 59.8 Å². The zero-order valence-corrected chi connectivity index (χ0v) is 17.1. The molecular formula is C21H25N5OS. The summed E-state index contributed by atoms with van der Waals surface area (Å²) in [4.78, 5) is 12.5. The van der Waals surface area contributed by atoms with Gasteiger partial charge < -0.3 is 11.2 Å². The largest absolute Gasteiger partial charge is 0.355 e. The van der Waals surface area contributed by atoms with Crippen LogP contribution in [0.2, 0.25) is 0 Å². The number of aromatic nitrogens is 3. The Balaban J connectivity index is 1.59. The van der Waals surface area contributed by atoms with Gasteiger partial charge in [0.15, 0.2) is 5.82 Å². The number of nitrogen functional groups attached to an aromatic ring is 1. The average molecular weight is 396 g/mol. The van der Waals surface area contributed by atoms with Crippen LogP contribution < -0.4 is 11.2 Å². The molecule has 0 bridgehead atoms. The smallest absolute Gasteiger partial charge is 0.233 e. The van der Waals surface area contributed by atoms with Crippen molar-refractivity contribution in [1.29, 1.82) is 0 Å². The van der Waals surface area contributed by atoms with Crippen LogP contribution >= 0.6 is 11.8 Å². The van der Waals surface area contributed by atoms with Gasteiger partial charge in [-0.15, -0.1) is 10.2 Å². The lowest BCUT2D eigenvalue weighted by atomic mass is 10.0. The first kappa shape index (κ1) is 19.9. The molecule has 3 rings (SSSR count). The molecule has 0 saturated heterocycles. The van der Waals surface area contributed by atoms with E-state index in [-0.39, 0.29) is 17.1 Å². The van der Waals surface area contributed by atoms with Gasteiger partial charge in [-0.05, 0) is 25.3 Å². The van der Waals surface area contributed by atoms with Crippen LogP contribution in [-0.4, -0.2) is 32.6 Å². The molecule has 28 heavy (non-hydrogen) atoms. The Hall–Kier alpha value is -2.80. The maximum atomic E-state index is 12.5. The van der Waals surface area contributed by atoms with E-state index in [1.807, 2.05) is 56.3 Å². The van der Waals surface area contributed by atoms with E-state index in [0.717, 1.165) is 11.1 Å². The second kappa shape index (κ2) is 8.93. The van der Waals surface area contributed by atoms with Gasteiger partial charge in [0.2, 0.25) is 11.1 Å². The summed E-state index contributed by atoms with van der Waals surface area (Å²) in [7, 11) is 0. The van der Waals surface area contributed by atoms with Crippen LogP contribution in [-0.2, 0) is 4.79 Å². The third kappa shape index (κ3) is 4.72. The predicted molar refractivity (Wildman–Crippen MR) is 114 cm³/mol. The average Bonchev–Trinajstić information content (AvgIpc) is 3.07. The number of rotatable bonds is 7. The standard InChI is InChI=1S/C21H25N5OS/c1-14-9-11-18(12-10-14)19-24-25-21(26(19)22)28-16(3)20(27)23-13-15(2)17-7-5-4-6-8-17/h4-12,15-16H,13,22H2,1-3H3,(H,23,27). The Labute approximate surface area is 169 Å². The molecule has 7 heteroatoms. The Bertz CT molecular complexity index is 924. The third-order valence-corrected chi connectivity index (χ3v) is 5.63. The summed E-state index contributed by atoms with van der Waals surface area (Å²) >= 11 is 1.30. The van der Waals surface area contributed by atoms with Crippen molar-refractivity contribution >= 4 is 17.7 Å². The zero-order valence-electron chi connectivity index (χ0n) is 16.3. The molecule has 0 aliphatic carbocycles. The Morgan fingerprint density at radius 2 is 1.79 bits per heavy atom. The van der Waals surface area contributed by atoms with Gasteiger partial charge >= 0.3 is 0 Å². The first-order valence-corrected chi connectivity index (χ1v) is 10.1. The molecule has 0 aliphatic heterocycles. The highest BCUT2D eigenvalue weighted by molar-refractivity contribution is 8.00. The van der Waals surface area contributed by atoms with E-state index in [4.69, 9.17) is 5.84 Å². The van der Waals surface area contributed by atoms with Gasteiger partial charge in [0, 0.05) is 12.1 Å². The van der Waals surface area contributed by atoms with Crippen molar-refractivity contribution in [3.05, 3.63) is 65.7 Å². The van der Waals surface area contributed by atoms with E-state index in [9.17, 15) is 4.79 Å². The lowest BCUT2D eigenvalue weighted by Crippen LogP contribution is -2.33. The van der Waals surface area contributed by atoms with Crippen LogP contribution in [0.4, 0.5) is 0 Å². The van der Waals surface area contributed by atoms with Gasteiger partial charge in [-0.25, -0.2) is 4.68 Å².